The molecular weight excluding hydrogens is 269 g/mol. The van der Waals surface area contributed by atoms with Crippen LogP contribution in [-0.4, -0.2) is 18.8 Å². The molecule has 0 saturated carbocycles. The van der Waals surface area contributed by atoms with Gasteiger partial charge in [-0.05, 0) is 36.7 Å². The van der Waals surface area contributed by atoms with E-state index in [1.165, 1.54) is 10.5 Å². The van der Waals surface area contributed by atoms with Crippen molar-refractivity contribution in [2.24, 2.45) is 0 Å². The second-order valence-electron chi connectivity index (χ2n) is 5.15. The zero-order valence-corrected chi connectivity index (χ0v) is 12.3. The number of hydrogen-bond acceptors (Lipinski definition) is 2. The zero-order valence-electron chi connectivity index (χ0n) is 11.5. The maximum Gasteiger partial charge on any atom is 0.126 e. The van der Waals surface area contributed by atoms with E-state index in [1.54, 1.807) is 12.1 Å². The fourth-order valence-electron chi connectivity index (χ4n) is 2.87. The Morgan fingerprint density at radius 3 is 2.75 bits per heavy atom. The van der Waals surface area contributed by atoms with Gasteiger partial charge in [-0.1, -0.05) is 36.4 Å². The van der Waals surface area contributed by atoms with E-state index in [9.17, 15) is 4.39 Å². The van der Waals surface area contributed by atoms with E-state index < -0.39 is 0 Å². The molecule has 3 heteroatoms. The molecule has 0 saturated heterocycles. The Kier molecular flexibility index (Phi) is 4.08. The van der Waals surface area contributed by atoms with E-state index in [4.69, 9.17) is 0 Å². The standard InChI is InChI=1S/C17H18FNS/c1-19-16(10-12-6-2-4-8-15(12)18)14-11-20-17-9-5-3-7-13(14)17/h2-9,14,16,19H,10-11H2,1H3. The SMILES string of the molecule is CNC(Cc1ccccc1F)C1CSc2ccccc21. The largest absolute Gasteiger partial charge is 0.316 e. The Bertz CT molecular complexity index is 599. The fraction of sp³-hybridized carbons (Fsp3) is 0.294. The predicted molar refractivity (Wildman–Crippen MR) is 82.9 cm³/mol. The van der Waals surface area contributed by atoms with Crippen LogP contribution in [0.1, 0.15) is 17.0 Å². The van der Waals surface area contributed by atoms with Crippen LogP contribution in [0.3, 0.4) is 0 Å². The van der Waals surface area contributed by atoms with Gasteiger partial charge in [-0.3, -0.25) is 0 Å². The van der Waals surface area contributed by atoms with Crippen molar-refractivity contribution in [2.45, 2.75) is 23.3 Å². The van der Waals surface area contributed by atoms with Gasteiger partial charge in [0.25, 0.3) is 0 Å². The lowest BCUT2D eigenvalue weighted by Crippen LogP contribution is -2.34. The number of rotatable bonds is 4. The monoisotopic (exact) mass is 287 g/mol. The summed E-state index contributed by atoms with van der Waals surface area (Å²) in [6.45, 7) is 0. The molecule has 2 unspecified atom stereocenters. The van der Waals surface area contributed by atoms with E-state index in [2.05, 4.69) is 29.6 Å². The van der Waals surface area contributed by atoms with Gasteiger partial charge in [0.1, 0.15) is 5.82 Å². The maximum absolute atomic E-state index is 13.8. The van der Waals surface area contributed by atoms with Crippen LogP contribution in [0, 0.1) is 5.82 Å². The third kappa shape index (κ3) is 2.60. The van der Waals surface area contributed by atoms with Crippen molar-refractivity contribution in [3.05, 3.63) is 65.5 Å². The van der Waals surface area contributed by atoms with Crippen molar-refractivity contribution < 1.29 is 4.39 Å². The average molecular weight is 287 g/mol. The topological polar surface area (TPSA) is 12.0 Å². The molecule has 0 spiro atoms. The molecule has 1 nitrogen and oxygen atoms in total. The third-order valence-corrected chi connectivity index (χ3v) is 5.20. The lowest BCUT2D eigenvalue weighted by atomic mass is 9.89. The Hall–Kier alpha value is -1.32. The molecule has 104 valence electrons. The summed E-state index contributed by atoms with van der Waals surface area (Å²) in [5.41, 5.74) is 2.19. The predicted octanol–water partition coefficient (Wildman–Crippen LogP) is 3.85. The highest BCUT2D eigenvalue weighted by atomic mass is 32.2. The van der Waals surface area contributed by atoms with E-state index in [0.717, 1.165) is 17.7 Å². The number of halogens is 1. The summed E-state index contributed by atoms with van der Waals surface area (Å²) >= 11 is 1.90. The highest BCUT2D eigenvalue weighted by Gasteiger charge is 2.29. The Morgan fingerprint density at radius 2 is 1.95 bits per heavy atom. The molecule has 2 atom stereocenters. The first-order valence-corrected chi connectivity index (χ1v) is 7.90. The summed E-state index contributed by atoms with van der Waals surface area (Å²) < 4.78 is 13.8. The highest BCUT2D eigenvalue weighted by Crippen LogP contribution is 2.41. The molecular formula is C17H18FNS. The van der Waals surface area contributed by atoms with Crippen LogP contribution in [0.25, 0.3) is 0 Å². The summed E-state index contributed by atoms with van der Waals surface area (Å²) in [5.74, 6) is 1.41. The van der Waals surface area contributed by atoms with E-state index in [-0.39, 0.29) is 11.9 Å². The number of fused-ring (bicyclic) bond motifs is 1. The van der Waals surface area contributed by atoms with Crippen LogP contribution in [0.5, 0.6) is 0 Å². The van der Waals surface area contributed by atoms with Crippen LogP contribution in [-0.2, 0) is 6.42 Å². The van der Waals surface area contributed by atoms with Gasteiger partial charge in [0, 0.05) is 22.6 Å². The van der Waals surface area contributed by atoms with Gasteiger partial charge >= 0.3 is 0 Å². The number of hydrogen-bond donors (Lipinski definition) is 1. The van der Waals surface area contributed by atoms with Crippen LogP contribution in [0.15, 0.2) is 53.4 Å². The second-order valence-corrected chi connectivity index (χ2v) is 6.21. The maximum atomic E-state index is 13.8. The number of nitrogens with one attached hydrogen (secondary N) is 1. The zero-order chi connectivity index (χ0) is 13.9. The lowest BCUT2D eigenvalue weighted by molar-refractivity contribution is 0.477. The van der Waals surface area contributed by atoms with Crippen molar-refractivity contribution in [2.75, 3.05) is 12.8 Å². The fourth-order valence-corrected chi connectivity index (χ4v) is 4.20. The minimum atomic E-state index is -0.105. The minimum absolute atomic E-state index is 0.105. The minimum Gasteiger partial charge on any atom is -0.316 e. The van der Waals surface area contributed by atoms with Gasteiger partial charge in [0.2, 0.25) is 0 Å². The molecule has 0 fully saturated rings. The molecule has 0 radical (unpaired) electrons. The van der Waals surface area contributed by atoms with E-state index >= 15 is 0 Å². The van der Waals surface area contributed by atoms with Gasteiger partial charge in [-0.25, -0.2) is 4.39 Å². The first-order valence-electron chi connectivity index (χ1n) is 6.92. The molecule has 3 rings (SSSR count). The Balaban J connectivity index is 1.83. The van der Waals surface area contributed by atoms with E-state index in [1.807, 2.05) is 30.9 Å². The van der Waals surface area contributed by atoms with Crippen molar-refractivity contribution in [3.63, 3.8) is 0 Å². The number of likely N-dealkylation sites (N-methyl/N-ethyl adjacent to an activating group) is 1. The van der Waals surface area contributed by atoms with Crippen molar-refractivity contribution in [1.82, 2.24) is 5.32 Å². The molecule has 0 bridgehead atoms. The molecule has 0 aromatic heterocycles. The molecule has 2 aromatic rings. The van der Waals surface area contributed by atoms with Crippen molar-refractivity contribution in [3.8, 4) is 0 Å². The van der Waals surface area contributed by atoms with Crippen LogP contribution < -0.4 is 5.32 Å². The normalized spacial score (nSPS) is 18.8. The first kappa shape index (κ1) is 13.7. The van der Waals surface area contributed by atoms with Crippen molar-refractivity contribution >= 4 is 11.8 Å². The molecule has 1 N–H and O–H groups in total. The molecule has 0 aliphatic carbocycles. The third-order valence-electron chi connectivity index (χ3n) is 3.99. The summed E-state index contributed by atoms with van der Waals surface area (Å²) in [7, 11) is 1.97. The molecule has 0 amide bonds. The molecule has 2 aromatic carbocycles. The highest BCUT2D eigenvalue weighted by molar-refractivity contribution is 7.99. The van der Waals surface area contributed by atoms with Gasteiger partial charge in [0.15, 0.2) is 0 Å². The van der Waals surface area contributed by atoms with Crippen molar-refractivity contribution in [1.29, 1.82) is 0 Å². The molecule has 1 aliphatic heterocycles. The Morgan fingerprint density at radius 1 is 1.20 bits per heavy atom. The van der Waals surface area contributed by atoms with Gasteiger partial charge in [-0.2, -0.15) is 0 Å². The average Bonchev–Trinajstić information content (AvgIpc) is 2.90. The molecule has 1 aliphatic rings. The first-order chi connectivity index (χ1) is 9.79. The summed E-state index contributed by atoms with van der Waals surface area (Å²) in [6.07, 6.45) is 0.725. The summed E-state index contributed by atoms with van der Waals surface area (Å²) in [5, 5.41) is 3.38. The molecule has 1 heterocycles. The van der Waals surface area contributed by atoms with Crippen LogP contribution in [0.2, 0.25) is 0 Å². The quantitative estimate of drug-likeness (QED) is 0.917. The number of thioether (sulfide) groups is 1. The van der Waals surface area contributed by atoms with Gasteiger partial charge < -0.3 is 5.32 Å². The van der Waals surface area contributed by atoms with Crippen LogP contribution >= 0.6 is 11.8 Å². The van der Waals surface area contributed by atoms with Crippen LogP contribution in [0.4, 0.5) is 4.39 Å². The number of benzene rings is 2. The molecule has 20 heavy (non-hydrogen) atoms. The summed E-state index contributed by atoms with van der Waals surface area (Å²) in [4.78, 5) is 1.37. The van der Waals surface area contributed by atoms with E-state index in [0.29, 0.717) is 5.92 Å². The second kappa shape index (κ2) is 5.98. The Labute approximate surface area is 123 Å². The van der Waals surface area contributed by atoms with Gasteiger partial charge in [0.05, 0.1) is 0 Å². The van der Waals surface area contributed by atoms with Gasteiger partial charge in [-0.15, -0.1) is 11.8 Å². The smallest absolute Gasteiger partial charge is 0.126 e. The lowest BCUT2D eigenvalue weighted by Gasteiger charge is -2.24. The summed E-state index contributed by atoms with van der Waals surface area (Å²) in [6, 6.07) is 15.9.